The van der Waals surface area contributed by atoms with Crippen LogP contribution in [0, 0.1) is 0 Å². The normalized spacial score (nSPS) is 17.8. The van der Waals surface area contributed by atoms with Crippen molar-refractivity contribution in [2.45, 2.75) is 122 Å². The molecule has 0 spiro atoms. The minimum absolute atomic E-state index is 0.0658. The van der Waals surface area contributed by atoms with Crippen LogP contribution in [0.4, 0.5) is 0 Å². The standard InChI is InChI=1S/C28H51N3O2/c1-2-3-4-5-6-7-8-9-10-11-12-13-14-15-16-17-18-19-20-21-27-30-23-25-31(27,24-22-29)26-28(32)33/h2-3,23,25H,4-22,24,26,29H2,1H3/b3-2+. The van der Waals surface area contributed by atoms with Gasteiger partial charge >= 0.3 is 0 Å². The van der Waals surface area contributed by atoms with Crippen LogP contribution in [-0.2, 0) is 4.79 Å². The molecule has 0 bridgehead atoms. The summed E-state index contributed by atoms with van der Waals surface area (Å²) in [6, 6.07) is 0. The molecule has 0 aromatic rings. The molecule has 0 amide bonds. The summed E-state index contributed by atoms with van der Waals surface area (Å²) in [4.78, 5) is 15.6. The van der Waals surface area contributed by atoms with Gasteiger partial charge in [-0.2, -0.15) is 0 Å². The number of quaternary nitrogens is 1. The van der Waals surface area contributed by atoms with Crippen molar-refractivity contribution in [3.8, 4) is 0 Å². The molecule has 2 N–H and O–H groups in total. The van der Waals surface area contributed by atoms with E-state index in [2.05, 4.69) is 24.1 Å². The molecular formula is C28H51N3O2. The molecule has 33 heavy (non-hydrogen) atoms. The van der Waals surface area contributed by atoms with Gasteiger partial charge in [0.2, 0.25) is 5.84 Å². The third-order valence-electron chi connectivity index (χ3n) is 6.79. The maximum atomic E-state index is 11.2. The molecule has 1 heterocycles. The number of aliphatic imine (C=N–C) groups is 1. The lowest BCUT2D eigenvalue weighted by molar-refractivity contribution is -0.780. The van der Waals surface area contributed by atoms with Crippen LogP contribution in [0.1, 0.15) is 122 Å². The van der Waals surface area contributed by atoms with Crippen molar-refractivity contribution in [2.24, 2.45) is 10.7 Å². The molecule has 5 heteroatoms. The Bertz CT molecular complexity index is 586. The van der Waals surface area contributed by atoms with E-state index in [9.17, 15) is 9.90 Å². The van der Waals surface area contributed by atoms with E-state index in [0.29, 0.717) is 13.1 Å². The maximum Gasteiger partial charge on any atom is 0.207 e. The number of carboxylic acids is 1. The Balaban J connectivity index is 1.89. The Kier molecular flexibility index (Phi) is 17.9. The Labute approximate surface area is 203 Å². The van der Waals surface area contributed by atoms with Gasteiger partial charge in [-0.3, -0.25) is 0 Å². The molecular weight excluding hydrogens is 410 g/mol. The topological polar surface area (TPSA) is 78.5 Å². The minimum atomic E-state index is -1.05. The van der Waals surface area contributed by atoms with Crippen LogP contribution < -0.4 is 10.8 Å². The monoisotopic (exact) mass is 461 g/mol. The van der Waals surface area contributed by atoms with Crippen molar-refractivity contribution in [3.63, 3.8) is 0 Å². The van der Waals surface area contributed by atoms with E-state index in [0.717, 1.165) is 18.7 Å². The van der Waals surface area contributed by atoms with Crippen LogP contribution in [0.15, 0.2) is 29.5 Å². The molecule has 0 aliphatic carbocycles. The van der Waals surface area contributed by atoms with E-state index in [1.165, 1.54) is 103 Å². The average molecular weight is 462 g/mol. The largest absolute Gasteiger partial charge is 0.544 e. The lowest BCUT2D eigenvalue weighted by Crippen LogP contribution is -2.55. The third-order valence-corrected chi connectivity index (χ3v) is 6.79. The molecule has 190 valence electrons. The lowest BCUT2D eigenvalue weighted by atomic mass is 10.0. The quantitative estimate of drug-likeness (QED) is 0.115. The van der Waals surface area contributed by atoms with Gasteiger partial charge < -0.3 is 15.6 Å². The van der Waals surface area contributed by atoms with Crippen LogP contribution in [0.3, 0.4) is 0 Å². The highest BCUT2D eigenvalue weighted by Gasteiger charge is 2.34. The summed E-state index contributed by atoms with van der Waals surface area (Å²) in [6.45, 7) is 3.05. The van der Waals surface area contributed by atoms with Crippen molar-refractivity contribution in [1.29, 1.82) is 0 Å². The van der Waals surface area contributed by atoms with Crippen molar-refractivity contribution in [2.75, 3.05) is 19.6 Å². The highest BCUT2D eigenvalue weighted by atomic mass is 16.4. The summed E-state index contributed by atoms with van der Waals surface area (Å²) in [5.74, 6) is -0.122. The molecule has 1 aliphatic rings. The molecule has 1 atom stereocenters. The molecule has 0 radical (unpaired) electrons. The SMILES string of the molecule is C/C=C/CCCCCCCCCCCCCCCCCCC1=NC=C[N+]1(CCN)CC(=O)[O-]. The van der Waals surface area contributed by atoms with Crippen molar-refractivity contribution in [1.82, 2.24) is 0 Å². The van der Waals surface area contributed by atoms with E-state index in [4.69, 9.17) is 5.73 Å². The number of hydrogen-bond donors (Lipinski definition) is 1. The van der Waals surface area contributed by atoms with Crippen LogP contribution in [0.2, 0.25) is 0 Å². The van der Waals surface area contributed by atoms with Crippen molar-refractivity contribution >= 4 is 11.8 Å². The Morgan fingerprint density at radius 3 is 1.82 bits per heavy atom. The minimum Gasteiger partial charge on any atom is -0.544 e. The summed E-state index contributed by atoms with van der Waals surface area (Å²) in [7, 11) is 0. The molecule has 0 saturated heterocycles. The first kappa shape index (κ1) is 29.6. The number of hydrogen-bond acceptors (Lipinski definition) is 4. The number of nitrogens with zero attached hydrogens (tertiary/aromatic N) is 2. The van der Waals surface area contributed by atoms with Gasteiger partial charge in [0.25, 0.3) is 0 Å². The fourth-order valence-corrected chi connectivity index (χ4v) is 4.81. The fraction of sp³-hybridized carbons (Fsp3) is 0.786. The summed E-state index contributed by atoms with van der Waals surface area (Å²) in [5, 5.41) is 11.2. The third kappa shape index (κ3) is 14.4. The van der Waals surface area contributed by atoms with Gasteiger partial charge in [0.05, 0.1) is 12.2 Å². The van der Waals surface area contributed by atoms with E-state index in [1.54, 1.807) is 6.20 Å². The first-order valence-corrected chi connectivity index (χ1v) is 13.8. The molecule has 0 saturated carbocycles. The second kappa shape index (κ2) is 20.0. The van der Waals surface area contributed by atoms with Crippen LogP contribution in [0.25, 0.3) is 0 Å². The zero-order valence-corrected chi connectivity index (χ0v) is 21.4. The molecule has 1 unspecified atom stereocenters. The van der Waals surface area contributed by atoms with Crippen molar-refractivity contribution < 1.29 is 14.4 Å². The van der Waals surface area contributed by atoms with E-state index in [1.807, 2.05) is 6.20 Å². The van der Waals surface area contributed by atoms with Gasteiger partial charge in [-0.25, -0.2) is 9.48 Å². The van der Waals surface area contributed by atoms with Gasteiger partial charge in [0.15, 0.2) is 0 Å². The molecule has 1 aliphatic heterocycles. The molecule has 5 nitrogen and oxygen atoms in total. The average Bonchev–Trinajstić information content (AvgIpc) is 3.16. The number of amidine groups is 1. The second-order valence-corrected chi connectivity index (χ2v) is 9.68. The number of allylic oxidation sites excluding steroid dienone is 2. The first-order chi connectivity index (χ1) is 16.1. The maximum absolute atomic E-state index is 11.2. The summed E-state index contributed by atoms with van der Waals surface area (Å²) < 4.78 is 0.246. The van der Waals surface area contributed by atoms with E-state index >= 15 is 0 Å². The number of rotatable bonds is 23. The molecule has 0 aromatic heterocycles. The summed E-state index contributed by atoms with van der Waals surface area (Å²) in [5.41, 5.74) is 5.71. The highest BCUT2D eigenvalue weighted by Crippen LogP contribution is 2.21. The van der Waals surface area contributed by atoms with Crippen LogP contribution in [0.5, 0.6) is 0 Å². The van der Waals surface area contributed by atoms with Crippen LogP contribution in [-0.4, -0.2) is 35.9 Å². The zero-order chi connectivity index (χ0) is 24.0. The second-order valence-electron chi connectivity index (χ2n) is 9.68. The lowest BCUT2D eigenvalue weighted by Gasteiger charge is -2.32. The number of unbranched alkanes of at least 4 members (excludes halogenated alkanes) is 16. The Morgan fingerprint density at radius 2 is 1.36 bits per heavy atom. The Morgan fingerprint density at radius 1 is 0.879 bits per heavy atom. The predicted molar refractivity (Wildman–Crippen MR) is 139 cm³/mol. The highest BCUT2D eigenvalue weighted by molar-refractivity contribution is 5.80. The summed E-state index contributed by atoms with van der Waals surface area (Å²) in [6.07, 6.45) is 31.7. The molecule has 0 aromatic carbocycles. The van der Waals surface area contributed by atoms with E-state index in [-0.39, 0.29) is 11.0 Å². The fourth-order valence-electron chi connectivity index (χ4n) is 4.81. The number of carbonyl (C=O) groups is 1. The number of carbonyl (C=O) groups excluding carboxylic acids is 1. The number of carboxylic acid groups (broad SMARTS) is 1. The molecule has 1 rings (SSSR count). The van der Waals surface area contributed by atoms with Crippen molar-refractivity contribution in [3.05, 3.63) is 24.6 Å². The van der Waals surface area contributed by atoms with Gasteiger partial charge in [0.1, 0.15) is 19.3 Å². The smallest absolute Gasteiger partial charge is 0.207 e. The zero-order valence-electron chi connectivity index (χ0n) is 21.4. The predicted octanol–water partition coefficient (Wildman–Crippen LogP) is 5.99. The van der Waals surface area contributed by atoms with Crippen LogP contribution >= 0.6 is 0 Å². The van der Waals surface area contributed by atoms with E-state index < -0.39 is 5.97 Å². The first-order valence-electron chi connectivity index (χ1n) is 13.8. The summed E-state index contributed by atoms with van der Waals surface area (Å²) >= 11 is 0. The number of nitrogens with two attached hydrogens (primary N) is 1. The van der Waals surface area contributed by atoms with Gasteiger partial charge in [-0.15, -0.1) is 0 Å². The Hall–Kier alpha value is -1.46. The van der Waals surface area contributed by atoms with Gasteiger partial charge in [-0.1, -0.05) is 102 Å². The van der Waals surface area contributed by atoms with Gasteiger partial charge in [-0.05, 0) is 26.2 Å². The van der Waals surface area contributed by atoms with Gasteiger partial charge in [0, 0.05) is 13.0 Å². The molecule has 0 fully saturated rings. The number of aliphatic carboxylic acids is 1.